The van der Waals surface area contributed by atoms with Gasteiger partial charge in [0, 0.05) is 66.7 Å². The highest BCUT2D eigenvalue weighted by Crippen LogP contribution is 2.55. The molecule has 15 heteroatoms. The quantitative estimate of drug-likeness (QED) is 0.0450. The number of aliphatic hydroxyl groups excluding tert-OH is 2. The average Bonchev–Trinajstić information content (AvgIpc) is 3.52. The Hall–Kier alpha value is -6.16. The molecule has 9 unspecified atom stereocenters. The van der Waals surface area contributed by atoms with Gasteiger partial charge < -0.3 is 54.6 Å². The number of aromatic hydroxyl groups is 3. The molecule has 5 bridgehead atoms. The third-order valence-electron chi connectivity index (χ3n) is 11.8. The first-order chi connectivity index (χ1) is 29.7. The van der Waals surface area contributed by atoms with Gasteiger partial charge in [0.15, 0.2) is 5.75 Å². The zero-order chi connectivity index (χ0) is 46.5. The fraction of sp³-hybridized carbons (Fsp3) is 0.417. The highest BCUT2D eigenvalue weighted by atomic mass is 16.7. The number of nitrogens with zero attached hydrogens (tertiary/aromatic N) is 1. The Kier molecular flexibility index (Phi) is 15.1. The van der Waals surface area contributed by atoms with Crippen molar-refractivity contribution in [1.29, 1.82) is 0 Å². The van der Waals surface area contributed by atoms with E-state index >= 15 is 0 Å². The first-order valence-corrected chi connectivity index (χ1v) is 20.7. The van der Waals surface area contributed by atoms with Crippen molar-refractivity contribution in [3.05, 3.63) is 94.8 Å². The Labute approximate surface area is 367 Å². The minimum absolute atomic E-state index is 0.0356. The molecule has 3 aliphatic rings. The van der Waals surface area contributed by atoms with Crippen molar-refractivity contribution in [2.75, 3.05) is 12.4 Å². The van der Waals surface area contributed by atoms with E-state index in [4.69, 9.17) is 23.8 Å². The normalized spacial score (nSPS) is 29.1. The lowest BCUT2D eigenvalue weighted by atomic mass is 9.78. The Balaban J connectivity index is 1.68. The number of carbonyl (C=O) groups is 3. The molecule has 0 radical (unpaired) electrons. The fourth-order valence-corrected chi connectivity index (χ4v) is 7.93. The molecule has 6 rings (SSSR count). The smallest absolute Gasteiger partial charge is 0.312 e. The van der Waals surface area contributed by atoms with Gasteiger partial charge in [-0.1, -0.05) is 81.4 Å². The number of benzene rings is 3. The van der Waals surface area contributed by atoms with E-state index in [0.717, 1.165) is 5.56 Å². The van der Waals surface area contributed by atoms with E-state index in [1.165, 1.54) is 65.4 Å². The minimum Gasteiger partial charge on any atom is -0.507 e. The van der Waals surface area contributed by atoms with Crippen molar-refractivity contribution in [3.63, 3.8) is 0 Å². The second-order valence-corrected chi connectivity index (χ2v) is 16.4. The van der Waals surface area contributed by atoms with Crippen molar-refractivity contribution >= 4 is 45.9 Å². The summed E-state index contributed by atoms with van der Waals surface area (Å²) in [6, 6.07) is 9.36. The number of ether oxygens (including phenoxy) is 4. The molecule has 9 atom stereocenters. The van der Waals surface area contributed by atoms with Gasteiger partial charge in [-0.15, -0.1) is 0 Å². The molecule has 1 amide bonds. The second kappa shape index (κ2) is 19.9. The van der Waals surface area contributed by atoms with Crippen LogP contribution < -0.4 is 10.1 Å². The summed E-state index contributed by atoms with van der Waals surface area (Å²) >= 11 is 0. The highest BCUT2D eigenvalue weighted by molar-refractivity contribution is 6.23. The molecule has 0 saturated carbocycles. The number of carbonyl (C=O) groups excluding carboxylic acids is 3. The van der Waals surface area contributed by atoms with Crippen LogP contribution in [0.3, 0.4) is 0 Å². The number of anilines is 1. The summed E-state index contributed by atoms with van der Waals surface area (Å²) in [6.45, 7) is 14.3. The molecule has 6 N–H and O–H groups in total. The molecule has 15 nitrogen and oxygen atoms in total. The Morgan fingerprint density at radius 1 is 0.921 bits per heavy atom. The fourth-order valence-electron chi connectivity index (χ4n) is 7.93. The SMILES string of the molecule is COC1/C=C\OC2(C)Oc3c(C)c(O)c4c(O)c(c(/C=C/C(C)=N\OCc5ccccc5)c(O)c4c3C2=O)NC(=O)/C(C)=C\C=C/C(C)C(O)C(C)C(O)C(C)C(OC(C)=O)C1C. The molecular weight excluding hydrogens is 813 g/mol. The molecule has 3 heterocycles. The van der Waals surface area contributed by atoms with E-state index < -0.39 is 88.8 Å². The molecule has 3 aromatic rings. The number of methoxy groups -OCH3 is 1. The molecular formula is C48H58N2O13. The number of ketones is 1. The van der Waals surface area contributed by atoms with Crippen molar-refractivity contribution in [1.82, 2.24) is 0 Å². The number of rotatable bonds is 7. The van der Waals surface area contributed by atoms with Crippen LogP contribution in [-0.2, 0) is 35.2 Å². The van der Waals surface area contributed by atoms with Gasteiger partial charge in [-0.2, -0.15) is 0 Å². The summed E-state index contributed by atoms with van der Waals surface area (Å²) in [5.74, 6) is -8.59. The minimum atomic E-state index is -2.07. The molecule has 63 heavy (non-hydrogen) atoms. The largest absolute Gasteiger partial charge is 0.507 e. The van der Waals surface area contributed by atoms with Crippen LogP contribution in [0.4, 0.5) is 5.69 Å². The maximum absolute atomic E-state index is 14.5. The Bertz CT molecular complexity index is 2370. The topological polar surface area (TPSA) is 223 Å². The van der Waals surface area contributed by atoms with Gasteiger partial charge in [0.05, 0.1) is 46.9 Å². The zero-order valence-corrected chi connectivity index (χ0v) is 37.2. The van der Waals surface area contributed by atoms with Gasteiger partial charge in [-0.05, 0) is 44.6 Å². The first kappa shape index (κ1) is 47.9. The number of phenols is 3. The maximum atomic E-state index is 14.5. The van der Waals surface area contributed by atoms with Crippen LogP contribution in [0.1, 0.15) is 82.4 Å². The first-order valence-electron chi connectivity index (χ1n) is 20.7. The predicted molar refractivity (Wildman–Crippen MR) is 237 cm³/mol. The zero-order valence-electron chi connectivity index (χ0n) is 37.2. The van der Waals surface area contributed by atoms with Gasteiger partial charge in [0.25, 0.3) is 11.7 Å². The molecule has 0 fully saturated rings. The van der Waals surface area contributed by atoms with Crippen LogP contribution in [0.25, 0.3) is 16.8 Å². The number of nitrogens with one attached hydrogen (secondary N) is 1. The van der Waals surface area contributed by atoms with Gasteiger partial charge in [-0.25, -0.2) is 0 Å². The number of amides is 1. The maximum Gasteiger partial charge on any atom is 0.312 e. The van der Waals surface area contributed by atoms with Crippen LogP contribution in [0.15, 0.2) is 77.7 Å². The number of phenolic OH excluding ortho intramolecular Hbond substituents is 3. The van der Waals surface area contributed by atoms with Crippen LogP contribution in [-0.4, -0.2) is 86.2 Å². The van der Waals surface area contributed by atoms with Crippen LogP contribution in [0.5, 0.6) is 23.0 Å². The summed E-state index contributed by atoms with van der Waals surface area (Å²) in [4.78, 5) is 46.2. The average molecular weight is 871 g/mol. The molecule has 3 aromatic carbocycles. The third-order valence-corrected chi connectivity index (χ3v) is 11.8. The number of aliphatic hydroxyl groups is 2. The standard InChI is InChI=1S/C48H58N2O13/c1-24-15-14-16-25(2)47(58)49-38-33(20-19-26(3)50-61-23-32-17-12-11-13-18-32)42(55)35-36(43(38)56)41(54)30(7)45-37(35)46(57)48(9,63-45)60-22-21-34(59-10)27(4)44(62-31(8)51)29(6)40(53)28(5)39(24)52/h11-22,24,27-29,34,39-40,44,52-56H,23H2,1-10H3,(H,49,58)/b15-14-,20-19+,22-21-,25-16-,50-26-. The highest BCUT2D eigenvalue weighted by Gasteiger charge is 2.50. The molecule has 3 aliphatic heterocycles. The summed E-state index contributed by atoms with van der Waals surface area (Å²) in [5.41, 5.74) is 0.758. The van der Waals surface area contributed by atoms with E-state index in [2.05, 4.69) is 10.5 Å². The Morgan fingerprint density at radius 3 is 2.25 bits per heavy atom. The monoisotopic (exact) mass is 870 g/mol. The number of hydrogen-bond donors (Lipinski definition) is 6. The second-order valence-electron chi connectivity index (χ2n) is 16.4. The van der Waals surface area contributed by atoms with Gasteiger partial charge in [0.2, 0.25) is 0 Å². The lowest BCUT2D eigenvalue weighted by Gasteiger charge is -2.38. The predicted octanol–water partition coefficient (Wildman–Crippen LogP) is 7.36. The summed E-state index contributed by atoms with van der Waals surface area (Å²) in [7, 11) is 1.43. The van der Waals surface area contributed by atoms with Crippen molar-refractivity contribution in [2.24, 2.45) is 28.8 Å². The summed E-state index contributed by atoms with van der Waals surface area (Å²) < 4.78 is 23.6. The third kappa shape index (κ3) is 10.1. The van der Waals surface area contributed by atoms with E-state index in [9.17, 15) is 39.9 Å². The molecule has 338 valence electrons. The Morgan fingerprint density at radius 2 is 1.60 bits per heavy atom. The van der Waals surface area contributed by atoms with E-state index in [0.29, 0.717) is 5.71 Å². The number of esters is 1. The molecule has 0 aliphatic carbocycles. The van der Waals surface area contributed by atoms with Gasteiger partial charge >= 0.3 is 11.8 Å². The number of hydrogen-bond acceptors (Lipinski definition) is 14. The number of fused-ring (bicyclic) bond motifs is 14. The lowest BCUT2D eigenvalue weighted by Crippen LogP contribution is -2.46. The number of Topliss-reactive ketones (excluding diaryl/α,β-unsaturated/α-hetero) is 1. The van der Waals surface area contributed by atoms with Crippen LogP contribution >= 0.6 is 0 Å². The number of allylic oxidation sites excluding steroid dienone is 3. The van der Waals surface area contributed by atoms with E-state index in [1.807, 2.05) is 30.3 Å². The summed E-state index contributed by atoms with van der Waals surface area (Å²) in [6.07, 6.45) is 6.29. The van der Waals surface area contributed by atoms with Crippen molar-refractivity contribution < 1.29 is 63.7 Å². The van der Waals surface area contributed by atoms with E-state index in [-0.39, 0.29) is 51.1 Å². The van der Waals surface area contributed by atoms with Gasteiger partial charge in [-0.3, -0.25) is 14.4 Å². The van der Waals surface area contributed by atoms with Crippen LogP contribution in [0, 0.1) is 30.6 Å². The summed E-state index contributed by atoms with van der Waals surface area (Å²) in [5, 5.41) is 64.8. The molecule has 0 saturated heterocycles. The van der Waals surface area contributed by atoms with E-state index in [1.54, 1.807) is 46.8 Å². The van der Waals surface area contributed by atoms with Gasteiger partial charge in [0.1, 0.15) is 30.0 Å². The molecule has 0 spiro atoms. The number of oxime groups is 1. The molecule has 0 aromatic heterocycles. The van der Waals surface area contributed by atoms with Crippen molar-refractivity contribution in [2.45, 2.75) is 99.1 Å². The van der Waals surface area contributed by atoms with Crippen LogP contribution in [0.2, 0.25) is 0 Å². The lowest BCUT2D eigenvalue weighted by molar-refractivity contribution is -0.160. The van der Waals surface area contributed by atoms with Crippen molar-refractivity contribution in [3.8, 4) is 23.0 Å².